The highest BCUT2D eigenvalue weighted by molar-refractivity contribution is 6.36. The molecule has 172 valence electrons. The number of aromatic nitrogens is 2. The molecular formula is C26H21ClF2N4O. The molecule has 1 atom stereocenters. The zero-order chi connectivity index (χ0) is 24.0. The van der Waals surface area contributed by atoms with Crippen molar-refractivity contribution in [2.75, 3.05) is 24.5 Å². The van der Waals surface area contributed by atoms with Crippen LogP contribution in [0, 0.1) is 11.6 Å². The summed E-state index contributed by atoms with van der Waals surface area (Å²) in [5, 5.41) is 1.59. The monoisotopic (exact) mass is 478 g/mol. The van der Waals surface area contributed by atoms with Crippen LogP contribution in [0.4, 0.5) is 14.5 Å². The van der Waals surface area contributed by atoms with Gasteiger partial charge in [0, 0.05) is 60.1 Å². The molecule has 3 heterocycles. The molecule has 1 amide bonds. The summed E-state index contributed by atoms with van der Waals surface area (Å²) in [4.78, 5) is 24.6. The van der Waals surface area contributed by atoms with Crippen LogP contribution in [-0.2, 0) is 4.79 Å². The predicted molar refractivity (Wildman–Crippen MR) is 131 cm³/mol. The number of halogens is 3. The largest absolute Gasteiger partial charge is 0.365 e. The third-order valence-electron chi connectivity index (χ3n) is 6.32. The van der Waals surface area contributed by atoms with Crippen molar-refractivity contribution in [2.24, 2.45) is 0 Å². The second-order valence-electron chi connectivity index (χ2n) is 8.31. The smallest absolute Gasteiger partial charge is 0.246 e. The Morgan fingerprint density at radius 2 is 2.00 bits per heavy atom. The molecule has 5 nitrogen and oxygen atoms in total. The predicted octanol–water partition coefficient (Wildman–Crippen LogP) is 5.60. The number of hydrogen-bond acceptors (Lipinski definition) is 4. The van der Waals surface area contributed by atoms with Crippen molar-refractivity contribution in [3.63, 3.8) is 0 Å². The van der Waals surface area contributed by atoms with Crippen molar-refractivity contribution in [2.45, 2.75) is 13.0 Å². The summed E-state index contributed by atoms with van der Waals surface area (Å²) in [5.74, 6) is -1.28. The summed E-state index contributed by atoms with van der Waals surface area (Å²) >= 11 is 6.26. The van der Waals surface area contributed by atoms with E-state index in [2.05, 4.69) is 21.4 Å². The van der Waals surface area contributed by atoms with Crippen LogP contribution in [0.2, 0.25) is 5.02 Å². The minimum Gasteiger partial charge on any atom is -0.365 e. The zero-order valence-electron chi connectivity index (χ0n) is 18.4. The van der Waals surface area contributed by atoms with Crippen molar-refractivity contribution < 1.29 is 13.6 Å². The molecule has 5 rings (SSSR count). The van der Waals surface area contributed by atoms with Gasteiger partial charge in [0.1, 0.15) is 17.0 Å². The van der Waals surface area contributed by atoms with Crippen molar-refractivity contribution in [1.82, 2.24) is 14.9 Å². The van der Waals surface area contributed by atoms with Crippen LogP contribution in [0.15, 0.2) is 61.4 Å². The fraction of sp³-hybridized carbons (Fsp3) is 0.192. The molecule has 1 saturated heterocycles. The van der Waals surface area contributed by atoms with E-state index in [1.165, 1.54) is 12.1 Å². The highest BCUT2D eigenvalue weighted by atomic mass is 35.5. The summed E-state index contributed by atoms with van der Waals surface area (Å²) in [5.41, 5.74) is 1.43. The Hall–Kier alpha value is -3.58. The van der Waals surface area contributed by atoms with E-state index in [4.69, 9.17) is 11.6 Å². The molecular weight excluding hydrogens is 458 g/mol. The van der Waals surface area contributed by atoms with Gasteiger partial charge in [-0.1, -0.05) is 42.4 Å². The molecule has 8 heteroatoms. The molecule has 2 aromatic heterocycles. The average molecular weight is 479 g/mol. The fourth-order valence-corrected chi connectivity index (χ4v) is 4.93. The lowest BCUT2D eigenvalue weighted by Crippen LogP contribution is -2.53. The van der Waals surface area contributed by atoms with Crippen LogP contribution in [0.25, 0.3) is 32.9 Å². The molecule has 4 aromatic rings. The highest BCUT2D eigenvalue weighted by Gasteiger charge is 2.28. The first-order valence-electron chi connectivity index (χ1n) is 10.9. The van der Waals surface area contributed by atoms with Gasteiger partial charge in [-0.25, -0.2) is 8.78 Å². The molecule has 0 unspecified atom stereocenters. The third kappa shape index (κ3) is 3.56. The van der Waals surface area contributed by atoms with E-state index in [1.54, 1.807) is 41.6 Å². The van der Waals surface area contributed by atoms with E-state index in [1.807, 2.05) is 13.0 Å². The van der Waals surface area contributed by atoms with E-state index in [9.17, 15) is 9.18 Å². The lowest BCUT2D eigenvalue weighted by atomic mass is 10.00. The number of rotatable bonds is 3. The van der Waals surface area contributed by atoms with E-state index in [0.717, 1.165) is 5.69 Å². The number of pyridine rings is 2. The SMILES string of the molecule is C=CC(=O)N1CCN(c2ccnc3c(F)c(-c4cccc5ccc(F)c(Cl)c45)ncc23)[C@H](C)C1. The van der Waals surface area contributed by atoms with Gasteiger partial charge in [-0.3, -0.25) is 14.8 Å². The molecule has 0 spiro atoms. The molecule has 1 aliphatic rings. The van der Waals surface area contributed by atoms with Gasteiger partial charge in [-0.15, -0.1) is 0 Å². The van der Waals surface area contributed by atoms with Crippen LogP contribution in [0.1, 0.15) is 6.92 Å². The summed E-state index contributed by atoms with van der Waals surface area (Å²) < 4.78 is 30.0. The Morgan fingerprint density at radius 1 is 1.18 bits per heavy atom. The highest BCUT2D eigenvalue weighted by Crippen LogP contribution is 2.38. The quantitative estimate of drug-likeness (QED) is 0.359. The normalized spacial score (nSPS) is 16.3. The minimum atomic E-state index is -0.597. The average Bonchev–Trinajstić information content (AvgIpc) is 2.85. The number of benzene rings is 2. The Balaban J connectivity index is 1.61. The number of carbonyl (C=O) groups is 1. The molecule has 0 saturated carbocycles. The second-order valence-corrected chi connectivity index (χ2v) is 8.69. The Kier molecular flexibility index (Phi) is 5.65. The Bertz CT molecular complexity index is 1460. The first kappa shape index (κ1) is 22.2. The Morgan fingerprint density at radius 3 is 2.76 bits per heavy atom. The fourth-order valence-electron chi connectivity index (χ4n) is 4.65. The minimum absolute atomic E-state index is 0.00540. The maximum absolute atomic E-state index is 15.8. The van der Waals surface area contributed by atoms with Gasteiger partial charge in [0.25, 0.3) is 0 Å². The van der Waals surface area contributed by atoms with Crippen molar-refractivity contribution >= 4 is 44.9 Å². The van der Waals surface area contributed by atoms with E-state index >= 15 is 4.39 Å². The van der Waals surface area contributed by atoms with E-state index in [0.29, 0.717) is 41.4 Å². The molecule has 0 N–H and O–H groups in total. The molecule has 1 fully saturated rings. The van der Waals surface area contributed by atoms with Crippen LogP contribution in [0.5, 0.6) is 0 Å². The molecule has 2 aromatic carbocycles. The van der Waals surface area contributed by atoms with Gasteiger partial charge in [0.15, 0.2) is 5.82 Å². The number of piperazine rings is 1. The first-order chi connectivity index (χ1) is 16.4. The molecule has 0 radical (unpaired) electrons. The van der Waals surface area contributed by atoms with Gasteiger partial charge >= 0.3 is 0 Å². The van der Waals surface area contributed by atoms with Crippen molar-refractivity contribution in [3.05, 3.63) is 78.1 Å². The third-order valence-corrected chi connectivity index (χ3v) is 6.69. The number of nitrogens with zero attached hydrogens (tertiary/aromatic N) is 4. The number of hydrogen-bond donors (Lipinski definition) is 0. The van der Waals surface area contributed by atoms with Crippen LogP contribution in [-0.4, -0.2) is 46.5 Å². The summed E-state index contributed by atoms with van der Waals surface area (Å²) in [6, 6.07) is 9.95. The number of fused-ring (bicyclic) bond motifs is 2. The lowest BCUT2D eigenvalue weighted by molar-refractivity contribution is -0.126. The number of carbonyl (C=O) groups excluding carboxylic acids is 1. The van der Waals surface area contributed by atoms with E-state index < -0.39 is 11.6 Å². The van der Waals surface area contributed by atoms with Gasteiger partial charge < -0.3 is 9.80 Å². The second kappa shape index (κ2) is 8.65. The summed E-state index contributed by atoms with van der Waals surface area (Å²) in [7, 11) is 0. The number of anilines is 1. The first-order valence-corrected chi connectivity index (χ1v) is 11.3. The van der Waals surface area contributed by atoms with Crippen LogP contribution < -0.4 is 4.90 Å². The van der Waals surface area contributed by atoms with Crippen molar-refractivity contribution in [1.29, 1.82) is 0 Å². The van der Waals surface area contributed by atoms with Gasteiger partial charge in [-0.05, 0) is 30.5 Å². The molecule has 1 aliphatic heterocycles. The molecule has 0 bridgehead atoms. The summed E-state index contributed by atoms with van der Waals surface area (Å²) in [6.07, 6.45) is 4.47. The van der Waals surface area contributed by atoms with Crippen LogP contribution >= 0.6 is 11.6 Å². The number of amides is 1. The lowest BCUT2D eigenvalue weighted by Gasteiger charge is -2.41. The van der Waals surface area contributed by atoms with Gasteiger partial charge in [0.2, 0.25) is 5.91 Å². The van der Waals surface area contributed by atoms with Gasteiger partial charge in [0.05, 0.1) is 5.02 Å². The van der Waals surface area contributed by atoms with Gasteiger partial charge in [-0.2, -0.15) is 0 Å². The van der Waals surface area contributed by atoms with Crippen molar-refractivity contribution in [3.8, 4) is 11.3 Å². The van der Waals surface area contributed by atoms with Crippen LogP contribution in [0.3, 0.4) is 0 Å². The maximum Gasteiger partial charge on any atom is 0.246 e. The Labute approximate surface area is 200 Å². The standard InChI is InChI=1S/C26H21ClF2N4O/c1-3-21(34)32-11-12-33(15(2)14-32)20-9-10-30-26-18(20)13-31-25(24(26)29)17-6-4-5-16-7-8-19(28)23(27)22(16)17/h3-10,13,15H,1,11-12,14H2,2H3/t15-/m1/s1. The molecule has 34 heavy (non-hydrogen) atoms. The summed E-state index contributed by atoms with van der Waals surface area (Å²) in [6.45, 7) is 7.22. The zero-order valence-corrected chi connectivity index (χ0v) is 19.2. The topological polar surface area (TPSA) is 49.3 Å². The van der Waals surface area contributed by atoms with E-state index in [-0.39, 0.29) is 28.2 Å². The molecule has 0 aliphatic carbocycles. The maximum atomic E-state index is 15.8.